The highest BCUT2D eigenvalue weighted by molar-refractivity contribution is 6.33. The monoisotopic (exact) mass is 291 g/mol. The van der Waals surface area contributed by atoms with E-state index < -0.39 is 6.04 Å². The third-order valence-electron chi connectivity index (χ3n) is 3.45. The van der Waals surface area contributed by atoms with Gasteiger partial charge in [0, 0.05) is 13.1 Å². The molecule has 2 rings (SSSR count). The number of nitriles is 1. The summed E-state index contributed by atoms with van der Waals surface area (Å²) in [5.74, 6) is 0.0378. The normalized spacial score (nSPS) is 16.3. The van der Waals surface area contributed by atoms with E-state index >= 15 is 0 Å². The molecular weight excluding hydrogens is 274 g/mol. The van der Waals surface area contributed by atoms with E-state index in [-0.39, 0.29) is 12.3 Å². The molecule has 1 aliphatic rings. The first-order valence-electron chi connectivity index (χ1n) is 6.89. The molecule has 1 N–H and O–H groups in total. The summed E-state index contributed by atoms with van der Waals surface area (Å²) in [5, 5.41) is 12.8. The van der Waals surface area contributed by atoms with Gasteiger partial charge in [-0.05, 0) is 31.4 Å². The zero-order valence-electron chi connectivity index (χ0n) is 11.3. The standard InChI is InChI=1S/C15H18ClN3O/c16-13-6-2-3-7-14(13)18-12(11-17)10-15(20)19-8-4-1-5-9-19/h2-3,6-7,12,18H,1,4-5,8-10H2. The molecule has 1 heterocycles. The molecule has 0 aliphatic carbocycles. The molecule has 1 atom stereocenters. The lowest BCUT2D eigenvalue weighted by Crippen LogP contribution is -2.38. The van der Waals surface area contributed by atoms with Crippen molar-refractivity contribution >= 4 is 23.2 Å². The minimum absolute atomic E-state index is 0.0378. The predicted octanol–water partition coefficient (Wildman–Crippen LogP) is 3.05. The minimum atomic E-state index is -0.552. The third-order valence-corrected chi connectivity index (χ3v) is 3.78. The summed E-state index contributed by atoms with van der Waals surface area (Å²) in [6.45, 7) is 1.62. The van der Waals surface area contributed by atoms with E-state index in [1.54, 1.807) is 12.1 Å². The summed E-state index contributed by atoms with van der Waals surface area (Å²) in [6.07, 6.45) is 3.48. The van der Waals surface area contributed by atoms with Crippen LogP contribution in [-0.2, 0) is 4.79 Å². The van der Waals surface area contributed by atoms with Crippen LogP contribution in [0.15, 0.2) is 24.3 Å². The van der Waals surface area contributed by atoms with Crippen LogP contribution in [0.2, 0.25) is 5.02 Å². The predicted molar refractivity (Wildman–Crippen MR) is 79.5 cm³/mol. The summed E-state index contributed by atoms with van der Waals surface area (Å²) in [7, 11) is 0. The SMILES string of the molecule is N#CC(CC(=O)N1CCCCC1)Nc1ccccc1Cl. The first-order chi connectivity index (χ1) is 9.70. The number of para-hydroxylation sites is 1. The van der Waals surface area contributed by atoms with Crippen molar-refractivity contribution in [2.24, 2.45) is 0 Å². The number of likely N-dealkylation sites (tertiary alicyclic amines) is 1. The molecule has 106 valence electrons. The van der Waals surface area contributed by atoms with Gasteiger partial charge in [0.2, 0.25) is 5.91 Å². The van der Waals surface area contributed by atoms with E-state index in [1.807, 2.05) is 17.0 Å². The minimum Gasteiger partial charge on any atom is -0.368 e. The smallest absolute Gasteiger partial charge is 0.225 e. The van der Waals surface area contributed by atoms with Gasteiger partial charge in [-0.1, -0.05) is 23.7 Å². The highest BCUT2D eigenvalue weighted by Crippen LogP contribution is 2.22. The topological polar surface area (TPSA) is 56.1 Å². The summed E-state index contributed by atoms with van der Waals surface area (Å²) in [6, 6.07) is 8.81. The fourth-order valence-electron chi connectivity index (χ4n) is 2.34. The van der Waals surface area contributed by atoms with Crippen molar-refractivity contribution in [2.45, 2.75) is 31.7 Å². The van der Waals surface area contributed by atoms with Crippen LogP contribution in [0.4, 0.5) is 5.69 Å². The van der Waals surface area contributed by atoms with E-state index in [4.69, 9.17) is 11.6 Å². The maximum absolute atomic E-state index is 12.1. The lowest BCUT2D eigenvalue weighted by molar-refractivity contribution is -0.132. The summed E-state index contributed by atoms with van der Waals surface area (Å²) >= 11 is 6.04. The first kappa shape index (κ1) is 14.7. The van der Waals surface area contributed by atoms with Crippen molar-refractivity contribution in [1.29, 1.82) is 5.26 Å². The van der Waals surface area contributed by atoms with E-state index in [1.165, 1.54) is 6.42 Å². The lowest BCUT2D eigenvalue weighted by atomic mass is 10.1. The molecular formula is C15H18ClN3O. The van der Waals surface area contributed by atoms with Gasteiger partial charge in [-0.2, -0.15) is 5.26 Å². The summed E-state index contributed by atoms with van der Waals surface area (Å²) < 4.78 is 0. The number of carbonyl (C=O) groups excluding carboxylic acids is 1. The molecule has 0 radical (unpaired) electrons. The first-order valence-corrected chi connectivity index (χ1v) is 7.27. The Balaban J connectivity index is 1.94. The van der Waals surface area contributed by atoms with Crippen LogP contribution < -0.4 is 5.32 Å². The fraction of sp³-hybridized carbons (Fsp3) is 0.467. The molecule has 1 unspecified atom stereocenters. The van der Waals surface area contributed by atoms with Crippen molar-refractivity contribution in [2.75, 3.05) is 18.4 Å². The Bertz CT molecular complexity index is 506. The van der Waals surface area contributed by atoms with Crippen molar-refractivity contribution < 1.29 is 4.79 Å². The number of anilines is 1. The van der Waals surface area contributed by atoms with E-state index in [0.29, 0.717) is 10.7 Å². The Morgan fingerprint density at radius 3 is 2.70 bits per heavy atom. The Morgan fingerprint density at radius 1 is 1.35 bits per heavy atom. The van der Waals surface area contributed by atoms with Gasteiger partial charge in [-0.3, -0.25) is 4.79 Å². The molecule has 1 aliphatic heterocycles. The van der Waals surface area contributed by atoms with Crippen LogP contribution in [0.5, 0.6) is 0 Å². The van der Waals surface area contributed by atoms with E-state index in [9.17, 15) is 10.1 Å². The number of hydrogen-bond donors (Lipinski definition) is 1. The van der Waals surface area contributed by atoms with Gasteiger partial charge in [0.25, 0.3) is 0 Å². The molecule has 0 aromatic heterocycles. The molecule has 0 bridgehead atoms. The Morgan fingerprint density at radius 2 is 2.05 bits per heavy atom. The van der Waals surface area contributed by atoms with Gasteiger partial charge >= 0.3 is 0 Å². The zero-order chi connectivity index (χ0) is 14.4. The van der Waals surface area contributed by atoms with Gasteiger partial charge in [0.05, 0.1) is 23.2 Å². The van der Waals surface area contributed by atoms with Crippen LogP contribution in [-0.4, -0.2) is 29.9 Å². The number of benzene rings is 1. The number of halogens is 1. The average molecular weight is 292 g/mol. The average Bonchev–Trinajstić information content (AvgIpc) is 2.49. The molecule has 1 amide bonds. The van der Waals surface area contributed by atoms with Crippen molar-refractivity contribution in [3.8, 4) is 6.07 Å². The molecule has 0 saturated carbocycles. The van der Waals surface area contributed by atoms with E-state index in [2.05, 4.69) is 11.4 Å². The lowest BCUT2D eigenvalue weighted by Gasteiger charge is -2.27. The van der Waals surface area contributed by atoms with Crippen molar-refractivity contribution in [3.63, 3.8) is 0 Å². The van der Waals surface area contributed by atoms with Gasteiger partial charge in [-0.25, -0.2) is 0 Å². The van der Waals surface area contributed by atoms with Gasteiger partial charge in [0.15, 0.2) is 0 Å². The quantitative estimate of drug-likeness (QED) is 0.927. The molecule has 1 aromatic rings. The number of piperidine rings is 1. The Hall–Kier alpha value is -1.73. The second-order valence-corrected chi connectivity index (χ2v) is 5.36. The number of nitrogens with zero attached hydrogens (tertiary/aromatic N) is 2. The van der Waals surface area contributed by atoms with Crippen molar-refractivity contribution in [3.05, 3.63) is 29.3 Å². The number of amides is 1. The zero-order valence-corrected chi connectivity index (χ0v) is 12.1. The summed E-state index contributed by atoms with van der Waals surface area (Å²) in [5.41, 5.74) is 0.687. The molecule has 1 saturated heterocycles. The van der Waals surface area contributed by atoms with Gasteiger partial charge in [-0.15, -0.1) is 0 Å². The van der Waals surface area contributed by atoms with Crippen LogP contribution in [0.25, 0.3) is 0 Å². The number of hydrogen-bond acceptors (Lipinski definition) is 3. The Labute approximate surface area is 124 Å². The highest BCUT2D eigenvalue weighted by Gasteiger charge is 2.20. The molecule has 1 aromatic carbocycles. The van der Waals surface area contributed by atoms with Crippen LogP contribution in [0, 0.1) is 11.3 Å². The number of nitrogens with one attached hydrogen (secondary N) is 1. The second-order valence-electron chi connectivity index (χ2n) is 4.95. The molecule has 1 fully saturated rings. The van der Waals surface area contributed by atoms with E-state index in [0.717, 1.165) is 25.9 Å². The van der Waals surface area contributed by atoms with Crippen LogP contribution in [0.1, 0.15) is 25.7 Å². The number of carbonyl (C=O) groups is 1. The van der Waals surface area contributed by atoms with Gasteiger partial charge < -0.3 is 10.2 Å². The summed E-state index contributed by atoms with van der Waals surface area (Å²) in [4.78, 5) is 14.0. The molecule has 20 heavy (non-hydrogen) atoms. The van der Waals surface area contributed by atoms with Crippen molar-refractivity contribution in [1.82, 2.24) is 4.90 Å². The maximum Gasteiger partial charge on any atom is 0.225 e. The molecule has 5 heteroatoms. The maximum atomic E-state index is 12.1. The molecule has 4 nitrogen and oxygen atoms in total. The fourth-order valence-corrected chi connectivity index (χ4v) is 2.53. The third kappa shape index (κ3) is 3.88. The Kier molecular flexibility index (Phi) is 5.25. The van der Waals surface area contributed by atoms with Crippen LogP contribution >= 0.6 is 11.6 Å². The molecule has 0 spiro atoms. The largest absolute Gasteiger partial charge is 0.368 e. The van der Waals surface area contributed by atoms with Crippen LogP contribution in [0.3, 0.4) is 0 Å². The second kappa shape index (κ2) is 7.16. The number of rotatable bonds is 4. The highest BCUT2D eigenvalue weighted by atomic mass is 35.5. The van der Waals surface area contributed by atoms with Gasteiger partial charge in [0.1, 0.15) is 6.04 Å².